The van der Waals surface area contributed by atoms with Gasteiger partial charge >= 0.3 is 0 Å². The van der Waals surface area contributed by atoms with Crippen molar-refractivity contribution in [3.8, 4) is 11.8 Å². The van der Waals surface area contributed by atoms with Crippen molar-refractivity contribution >= 4 is 17.1 Å². The van der Waals surface area contributed by atoms with Crippen LogP contribution >= 0.6 is 0 Å². The van der Waals surface area contributed by atoms with Crippen LogP contribution in [0.5, 0.6) is 0 Å². The van der Waals surface area contributed by atoms with Crippen molar-refractivity contribution < 1.29 is 0 Å². The van der Waals surface area contributed by atoms with E-state index >= 15 is 0 Å². The first kappa shape index (κ1) is 14.7. The third-order valence-corrected chi connectivity index (χ3v) is 4.68. The van der Waals surface area contributed by atoms with Gasteiger partial charge in [0.05, 0.1) is 17.6 Å². The summed E-state index contributed by atoms with van der Waals surface area (Å²) in [5, 5.41) is 10.9. The van der Waals surface area contributed by atoms with Crippen LogP contribution in [0.2, 0.25) is 0 Å². The molecule has 0 fully saturated rings. The van der Waals surface area contributed by atoms with Crippen LogP contribution in [-0.2, 0) is 6.54 Å². The van der Waals surface area contributed by atoms with Gasteiger partial charge in [-0.2, -0.15) is 5.26 Å². The number of benzene rings is 2. The molecule has 3 aromatic rings. The number of aromatic nitrogens is 1. The lowest BCUT2D eigenvalue weighted by molar-refractivity contribution is 0.792. The fourth-order valence-electron chi connectivity index (χ4n) is 3.62. The lowest BCUT2D eigenvalue weighted by Gasteiger charge is -2.14. The van der Waals surface area contributed by atoms with Crippen molar-refractivity contribution in [3.63, 3.8) is 0 Å². The Balaban J connectivity index is 2.16. The molecule has 0 amide bonds. The number of fused-ring (bicyclic) bond motifs is 2. The molecule has 1 aliphatic rings. The molecule has 0 aliphatic carbocycles. The van der Waals surface area contributed by atoms with Gasteiger partial charge in [0.25, 0.3) is 0 Å². The molecule has 1 aromatic heterocycles. The maximum absolute atomic E-state index is 9.83. The van der Waals surface area contributed by atoms with Gasteiger partial charge in [0.2, 0.25) is 0 Å². The van der Waals surface area contributed by atoms with E-state index in [1.165, 1.54) is 11.1 Å². The summed E-state index contributed by atoms with van der Waals surface area (Å²) in [6.45, 7) is 7.11. The van der Waals surface area contributed by atoms with Crippen LogP contribution in [0.4, 0.5) is 0 Å². The minimum Gasteiger partial charge on any atom is -0.312 e. The van der Waals surface area contributed by atoms with Crippen molar-refractivity contribution in [2.45, 2.75) is 33.2 Å². The van der Waals surface area contributed by atoms with Gasteiger partial charge in [-0.05, 0) is 53.8 Å². The van der Waals surface area contributed by atoms with E-state index in [1.54, 1.807) is 0 Å². The molecule has 24 heavy (non-hydrogen) atoms. The molecule has 0 unspecified atom stereocenters. The van der Waals surface area contributed by atoms with Crippen molar-refractivity contribution in [2.24, 2.45) is 4.99 Å². The molecule has 2 heterocycles. The average Bonchev–Trinajstić information content (AvgIpc) is 3.13. The molecule has 118 valence electrons. The summed E-state index contributed by atoms with van der Waals surface area (Å²) >= 11 is 0. The summed E-state index contributed by atoms with van der Waals surface area (Å²) in [5.74, 6) is 0.260. The molecule has 0 saturated heterocycles. The molecule has 0 radical (unpaired) electrons. The highest BCUT2D eigenvalue weighted by molar-refractivity contribution is 5.97. The van der Waals surface area contributed by atoms with Gasteiger partial charge in [0.15, 0.2) is 0 Å². The fraction of sp³-hybridized carbons (Fsp3) is 0.238. The number of rotatable bonds is 2. The van der Waals surface area contributed by atoms with E-state index in [2.05, 4.69) is 72.8 Å². The first-order valence-corrected chi connectivity index (χ1v) is 8.28. The Morgan fingerprint density at radius 2 is 2.04 bits per heavy atom. The Kier molecular flexibility index (Phi) is 3.28. The minimum atomic E-state index is 0.260. The molecular weight excluding hydrogens is 294 g/mol. The largest absolute Gasteiger partial charge is 0.312 e. The number of nitrogens with zero attached hydrogens (tertiary/aromatic N) is 3. The number of nitriles is 1. The number of hydrogen-bond donors (Lipinski definition) is 0. The van der Waals surface area contributed by atoms with E-state index in [9.17, 15) is 5.26 Å². The van der Waals surface area contributed by atoms with Gasteiger partial charge in [-0.1, -0.05) is 26.0 Å². The summed E-state index contributed by atoms with van der Waals surface area (Å²) in [5.41, 5.74) is 7.65. The lowest BCUT2D eigenvalue weighted by atomic mass is 10.0. The third-order valence-electron chi connectivity index (χ3n) is 4.68. The van der Waals surface area contributed by atoms with Crippen LogP contribution in [0.1, 0.15) is 47.7 Å². The van der Waals surface area contributed by atoms with Crippen molar-refractivity contribution in [3.05, 3.63) is 64.3 Å². The van der Waals surface area contributed by atoms with Crippen molar-refractivity contribution in [2.75, 3.05) is 0 Å². The second kappa shape index (κ2) is 5.35. The predicted octanol–water partition coefficient (Wildman–Crippen LogP) is 4.87. The van der Waals surface area contributed by atoms with Gasteiger partial charge in [0, 0.05) is 23.0 Å². The molecule has 0 saturated carbocycles. The van der Waals surface area contributed by atoms with Crippen LogP contribution in [0.15, 0.2) is 41.4 Å². The van der Waals surface area contributed by atoms with Crippen LogP contribution < -0.4 is 0 Å². The average molecular weight is 313 g/mol. The van der Waals surface area contributed by atoms with E-state index < -0.39 is 0 Å². The van der Waals surface area contributed by atoms with Gasteiger partial charge in [0.1, 0.15) is 6.07 Å². The first-order chi connectivity index (χ1) is 11.6. The number of aryl methyl sites for hydroxylation is 1. The van der Waals surface area contributed by atoms with E-state index in [4.69, 9.17) is 0 Å². The lowest BCUT2D eigenvalue weighted by Crippen LogP contribution is -2.03. The molecule has 0 spiro atoms. The summed E-state index contributed by atoms with van der Waals surface area (Å²) in [6, 6.07) is 15.2. The number of aliphatic imine (C=N–C) groups is 1. The molecule has 2 aromatic carbocycles. The first-order valence-electron chi connectivity index (χ1n) is 8.28. The monoisotopic (exact) mass is 313 g/mol. The quantitative estimate of drug-likeness (QED) is 0.665. The standard InChI is InChI=1S/C21H19N3/c1-13(2)21-19(10-22)18-8-15-11-23-12-16(15)9-20(18)24(21)17-6-4-5-14(3)7-17/h4-9,12-13H,11H2,1-3H3. The second-order valence-corrected chi connectivity index (χ2v) is 6.74. The Bertz CT molecular complexity index is 1030. The Labute approximate surface area is 141 Å². The van der Waals surface area contributed by atoms with Gasteiger partial charge < -0.3 is 4.57 Å². The van der Waals surface area contributed by atoms with E-state index in [1.807, 2.05) is 6.21 Å². The zero-order valence-corrected chi connectivity index (χ0v) is 14.2. The summed E-state index contributed by atoms with van der Waals surface area (Å²) in [7, 11) is 0. The van der Waals surface area contributed by atoms with E-state index in [-0.39, 0.29) is 5.92 Å². The third kappa shape index (κ3) is 2.07. The highest BCUT2D eigenvalue weighted by Crippen LogP contribution is 2.36. The topological polar surface area (TPSA) is 41.1 Å². The van der Waals surface area contributed by atoms with Gasteiger partial charge in [-0.3, -0.25) is 4.99 Å². The molecule has 0 bridgehead atoms. The maximum Gasteiger partial charge on any atom is 0.102 e. The number of hydrogen-bond acceptors (Lipinski definition) is 2. The highest BCUT2D eigenvalue weighted by Gasteiger charge is 2.22. The van der Waals surface area contributed by atoms with E-state index in [0.717, 1.165) is 33.4 Å². The molecule has 0 atom stereocenters. The molecular formula is C21H19N3. The summed E-state index contributed by atoms with van der Waals surface area (Å²) < 4.78 is 2.25. The maximum atomic E-state index is 9.83. The molecule has 0 N–H and O–H groups in total. The second-order valence-electron chi connectivity index (χ2n) is 6.74. The van der Waals surface area contributed by atoms with Crippen LogP contribution in [0, 0.1) is 18.3 Å². The molecule has 3 heteroatoms. The van der Waals surface area contributed by atoms with Crippen molar-refractivity contribution in [1.82, 2.24) is 4.57 Å². The minimum absolute atomic E-state index is 0.260. The van der Waals surface area contributed by atoms with E-state index in [0.29, 0.717) is 6.54 Å². The SMILES string of the molecule is Cc1cccc(-n2c(C(C)C)c(C#N)c3cc4c(cc32)C=NC4)c1. The Hall–Kier alpha value is -2.86. The van der Waals surface area contributed by atoms with Crippen LogP contribution in [0.25, 0.3) is 16.6 Å². The Morgan fingerprint density at radius 1 is 1.21 bits per heavy atom. The zero-order valence-electron chi connectivity index (χ0n) is 14.2. The van der Waals surface area contributed by atoms with Crippen LogP contribution in [0.3, 0.4) is 0 Å². The predicted molar refractivity (Wildman–Crippen MR) is 98.1 cm³/mol. The normalized spacial score (nSPS) is 12.8. The molecule has 4 rings (SSSR count). The fourth-order valence-corrected chi connectivity index (χ4v) is 3.62. The molecule has 3 nitrogen and oxygen atoms in total. The summed E-state index contributed by atoms with van der Waals surface area (Å²) in [4.78, 5) is 4.37. The van der Waals surface area contributed by atoms with Gasteiger partial charge in [-0.25, -0.2) is 0 Å². The smallest absolute Gasteiger partial charge is 0.102 e. The Morgan fingerprint density at radius 3 is 2.75 bits per heavy atom. The summed E-state index contributed by atoms with van der Waals surface area (Å²) in [6.07, 6.45) is 1.93. The molecule has 1 aliphatic heterocycles. The van der Waals surface area contributed by atoms with Gasteiger partial charge in [-0.15, -0.1) is 0 Å². The van der Waals surface area contributed by atoms with Crippen molar-refractivity contribution in [1.29, 1.82) is 5.26 Å². The highest BCUT2D eigenvalue weighted by atomic mass is 15.0. The van der Waals surface area contributed by atoms with Crippen LogP contribution in [-0.4, -0.2) is 10.8 Å². The zero-order chi connectivity index (χ0) is 16.8.